The minimum absolute atomic E-state index is 0.0953. The first-order valence-electron chi connectivity index (χ1n) is 10.00. The Bertz CT molecular complexity index is 1270. The summed E-state index contributed by atoms with van der Waals surface area (Å²) in [6.07, 6.45) is 9.01. The molecule has 0 bridgehead atoms. The van der Waals surface area contributed by atoms with Crippen molar-refractivity contribution < 1.29 is 9.59 Å². The molecule has 3 N–H and O–H groups in total. The van der Waals surface area contributed by atoms with E-state index in [1.165, 1.54) is 13.1 Å². The fraction of sp³-hybridized carbons (Fsp3) is 0.174. The summed E-state index contributed by atoms with van der Waals surface area (Å²) in [5, 5.41) is 7.02. The number of nitrogens with one attached hydrogen (secondary N) is 3. The van der Waals surface area contributed by atoms with Crippen LogP contribution in [0.2, 0.25) is 5.02 Å². The third kappa shape index (κ3) is 5.28. The van der Waals surface area contributed by atoms with E-state index >= 15 is 0 Å². The summed E-state index contributed by atoms with van der Waals surface area (Å²) in [6, 6.07) is 7.54. The number of carbonyl (C=O) groups is 2. The molecular formula is C23H21ClN6O2. The molecular weight excluding hydrogens is 428 g/mol. The number of aromatic amines is 1. The molecule has 9 heteroatoms. The Morgan fingerprint density at radius 1 is 0.969 bits per heavy atom. The van der Waals surface area contributed by atoms with Gasteiger partial charge in [0.1, 0.15) is 5.65 Å². The van der Waals surface area contributed by atoms with E-state index in [1.807, 2.05) is 24.3 Å². The summed E-state index contributed by atoms with van der Waals surface area (Å²) >= 11 is 6.14. The summed E-state index contributed by atoms with van der Waals surface area (Å²) in [4.78, 5) is 39.5. The molecule has 4 rings (SSSR count). The highest BCUT2D eigenvalue weighted by Gasteiger charge is 2.09. The number of nitrogens with zero attached hydrogens (tertiary/aromatic N) is 3. The number of fused-ring (bicyclic) bond motifs is 1. The van der Waals surface area contributed by atoms with Crippen LogP contribution in [0.25, 0.3) is 11.0 Å². The molecule has 4 aromatic heterocycles. The monoisotopic (exact) mass is 448 g/mol. The zero-order valence-electron chi connectivity index (χ0n) is 17.4. The van der Waals surface area contributed by atoms with Crippen molar-refractivity contribution in [3.8, 4) is 0 Å². The van der Waals surface area contributed by atoms with E-state index in [9.17, 15) is 9.59 Å². The second-order valence-corrected chi connectivity index (χ2v) is 7.79. The Morgan fingerprint density at radius 3 is 2.59 bits per heavy atom. The average Bonchev–Trinajstić information content (AvgIpc) is 3.17. The number of hydrogen-bond donors (Lipinski definition) is 3. The SMILES string of the molecule is CC(=O)NCc1ccc(Cc2cncc(C(=O)NCc3cnc4[nH]cc(Cl)c4c3)c2)cn1. The van der Waals surface area contributed by atoms with E-state index in [0.717, 1.165) is 27.8 Å². The summed E-state index contributed by atoms with van der Waals surface area (Å²) in [5.74, 6) is -0.314. The number of carbonyl (C=O) groups excluding carboxylic acids is 2. The van der Waals surface area contributed by atoms with Gasteiger partial charge in [0.05, 0.1) is 22.8 Å². The molecule has 0 fully saturated rings. The molecule has 4 aromatic rings. The first-order valence-corrected chi connectivity index (χ1v) is 10.4. The molecule has 4 heterocycles. The van der Waals surface area contributed by atoms with Gasteiger partial charge in [-0.2, -0.15) is 0 Å². The molecule has 0 spiro atoms. The van der Waals surface area contributed by atoms with E-state index < -0.39 is 0 Å². The lowest BCUT2D eigenvalue weighted by molar-refractivity contribution is -0.119. The van der Waals surface area contributed by atoms with Gasteiger partial charge in [0, 0.05) is 56.3 Å². The van der Waals surface area contributed by atoms with Crippen LogP contribution in [-0.2, 0) is 24.3 Å². The maximum Gasteiger partial charge on any atom is 0.253 e. The summed E-state index contributed by atoms with van der Waals surface area (Å²) in [5.41, 5.74) is 4.70. The molecule has 8 nitrogen and oxygen atoms in total. The first-order chi connectivity index (χ1) is 15.5. The molecule has 0 aromatic carbocycles. The summed E-state index contributed by atoms with van der Waals surface area (Å²) in [6.45, 7) is 2.19. The van der Waals surface area contributed by atoms with Gasteiger partial charge in [0.15, 0.2) is 0 Å². The summed E-state index contributed by atoms with van der Waals surface area (Å²) in [7, 11) is 0. The molecule has 2 amide bonds. The topological polar surface area (TPSA) is 113 Å². The Hall–Kier alpha value is -3.78. The normalized spacial score (nSPS) is 10.8. The average molecular weight is 449 g/mol. The fourth-order valence-electron chi connectivity index (χ4n) is 3.22. The van der Waals surface area contributed by atoms with Crippen LogP contribution in [0.4, 0.5) is 0 Å². The smallest absolute Gasteiger partial charge is 0.253 e. The van der Waals surface area contributed by atoms with E-state index in [0.29, 0.717) is 35.7 Å². The van der Waals surface area contributed by atoms with Crippen molar-refractivity contribution in [3.05, 3.63) is 88.2 Å². The van der Waals surface area contributed by atoms with Gasteiger partial charge >= 0.3 is 0 Å². The number of hydrogen-bond acceptors (Lipinski definition) is 5. The van der Waals surface area contributed by atoms with Crippen LogP contribution in [0, 0.1) is 0 Å². The molecule has 0 atom stereocenters. The van der Waals surface area contributed by atoms with Crippen molar-refractivity contribution in [2.24, 2.45) is 0 Å². The van der Waals surface area contributed by atoms with E-state index in [4.69, 9.17) is 11.6 Å². The maximum atomic E-state index is 12.6. The molecule has 32 heavy (non-hydrogen) atoms. The van der Waals surface area contributed by atoms with Crippen molar-refractivity contribution >= 4 is 34.4 Å². The first kappa shape index (κ1) is 21.5. The molecule has 0 saturated carbocycles. The molecule has 0 radical (unpaired) electrons. The van der Waals surface area contributed by atoms with Crippen molar-refractivity contribution in [1.82, 2.24) is 30.6 Å². The van der Waals surface area contributed by atoms with E-state index in [-0.39, 0.29) is 11.8 Å². The highest BCUT2D eigenvalue weighted by molar-refractivity contribution is 6.35. The van der Waals surface area contributed by atoms with Crippen molar-refractivity contribution in [3.63, 3.8) is 0 Å². The number of halogens is 1. The van der Waals surface area contributed by atoms with Crippen LogP contribution < -0.4 is 10.6 Å². The van der Waals surface area contributed by atoms with Crippen LogP contribution >= 0.6 is 11.6 Å². The molecule has 0 aliphatic rings. The fourth-order valence-corrected chi connectivity index (χ4v) is 3.42. The minimum atomic E-state index is -0.219. The molecule has 0 aliphatic carbocycles. The van der Waals surface area contributed by atoms with Crippen LogP contribution in [-0.4, -0.2) is 31.8 Å². The Labute approximate surface area is 189 Å². The van der Waals surface area contributed by atoms with Gasteiger partial charge in [0.2, 0.25) is 5.91 Å². The van der Waals surface area contributed by atoms with Crippen molar-refractivity contribution in [1.29, 1.82) is 0 Å². The predicted octanol–water partition coefficient (Wildman–Crippen LogP) is 3.16. The van der Waals surface area contributed by atoms with Gasteiger partial charge < -0.3 is 15.6 Å². The van der Waals surface area contributed by atoms with Gasteiger partial charge in [-0.05, 0) is 34.9 Å². The van der Waals surface area contributed by atoms with Crippen LogP contribution in [0.1, 0.15) is 39.7 Å². The summed E-state index contributed by atoms with van der Waals surface area (Å²) < 4.78 is 0. The number of H-pyrrole nitrogens is 1. The van der Waals surface area contributed by atoms with Gasteiger partial charge in [-0.15, -0.1) is 0 Å². The highest BCUT2D eigenvalue weighted by atomic mass is 35.5. The largest absolute Gasteiger partial charge is 0.351 e. The van der Waals surface area contributed by atoms with Crippen molar-refractivity contribution in [2.75, 3.05) is 0 Å². The van der Waals surface area contributed by atoms with Crippen LogP contribution in [0.15, 0.2) is 55.2 Å². The Balaban J connectivity index is 1.37. The second-order valence-electron chi connectivity index (χ2n) is 7.39. The zero-order valence-corrected chi connectivity index (χ0v) is 18.1. The highest BCUT2D eigenvalue weighted by Crippen LogP contribution is 2.22. The van der Waals surface area contributed by atoms with Gasteiger partial charge in [-0.1, -0.05) is 17.7 Å². The second kappa shape index (κ2) is 9.57. The Morgan fingerprint density at radius 2 is 1.81 bits per heavy atom. The number of rotatable bonds is 7. The number of aromatic nitrogens is 4. The maximum absolute atomic E-state index is 12.6. The standard InChI is InChI=1S/C23H21ClN6O2/c1-14(31)26-12-19-3-2-15(8-27-19)4-16-5-18(11-25-7-16)23(32)30-10-17-6-20-21(24)13-29-22(20)28-9-17/h2-3,5-9,11,13H,4,10,12H2,1H3,(H,26,31)(H,28,29)(H,30,32). The number of amides is 2. The van der Waals surface area contributed by atoms with Crippen molar-refractivity contribution in [2.45, 2.75) is 26.4 Å². The van der Waals surface area contributed by atoms with E-state index in [2.05, 4.69) is 30.6 Å². The molecule has 0 aliphatic heterocycles. The van der Waals surface area contributed by atoms with Crippen LogP contribution in [0.5, 0.6) is 0 Å². The third-order valence-electron chi connectivity index (χ3n) is 4.86. The van der Waals surface area contributed by atoms with E-state index in [1.54, 1.807) is 24.8 Å². The lowest BCUT2D eigenvalue weighted by Gasteiger charge is -2.08. The zero-order chi connectivity index (χ0) is 22.5. The predicted molar refractivity (Wildman–Crippen MR) is 121 cm³/mol. The number of pyridine rings is 3. The Kier molecular flexibility index (Phi) is 6.42. The lowest BCUT2D eigenvalue weighted by Crippen LogP contribution is -2.23. The van der Waals surface area contributed by atoms with Crippen LogP contribution in [0.3, 0.4) is 0 Å². The molecule has 162 valence electrons. The minimum Gasteiger partial charge on any atom is -0.351 e. The lowest BCUT2D eigenvalue weighted by atomic mass is 10.1. The third-order valence-corrected chi connectivity index (χ3v) is 5.17. The van der Waals surface area contributed by atoms with Gasteiger partial charge in [-0.25, -0.2) is 4.98 Å². The van der Waals surface area contributed by atoms with Gasteiger partial charge in [-0.3, -0.25) is 19.6 Å². The molecule has 0 unspecified atom stereocenters. The van der Waals surface area contributed by atoms with Gasteiger partial charge in [0.25, 0.3) is 5.91 Å². The molecule has 0 saturated heterocycles. The quantitative estimate of drug-likeness (QED) is 0.402.